The van der Waals surface area contributed by atoms with Gasteiger partial charge in [-0.25, -0.2) is 4.79 Å². The maximum Gasteiger partial charge on any atom is 0.410 e. The third-order valence-electron chi connectivity index (χ3n) is 4.16. The molecule has 1 saturated heterocycles. The molecule has 26 heavy (non-hydrogen) atoms. The highest BCUT2D eigenvalue weighted by Gasteiger charge is 2.27. The molecule has 2 heterocycles. The van der Waals surface area contributed by atoms with E-state index in [2.05, 4.69) is 12.1 Å². The van der Waals surface area contributed by atoms with Gasteiger partial charge in [0.25, 0.3) is 0 Å². The molecule has 2 N–H and O–H groups in total. The van der Waals surface area contributed by atoms with E-state index in [1.165, 1.54) is 0 Å². The molecular formula is C20H26N2O3S. The molecule has 0 unspecified atom stereocenters. The number of likely N-dealkylation sites (tertiary alicyclic amines) is 1. The minimum Gasteiger partial charge on any atom is -0.490 e. The van der Waals surface area contributed by atoms with Crippen LogP contribution in [0.4, 0.5) is 9.80 Å². The molecule has 0 radical (unpaired) electrons. The van der Waals surface area contributed by atoms with Crippen LogP contribution >= 0.6 is 11.3 Å². The average molecular weight is 375 g/mol. The maximum absolute atomic E-state index is 12.1. The smallest absolute Gasteiger partial charge is 0.410 e. The fourth-order valence-corrected chi connectivity index (χ4v) is 3.66. The van der Waals surface area contributed by atoms with Crippen molar-refractivity contribution in [2.45, 2.75) is 45.3 Å². The second-order valence-corrected chi connectivity index (χ2v) is 8.63. The number of hydrogen-bond acceptors (Lipinski definition) is 5. The zero-order valence-corrected chi connectivity index (χ0v) is 16.3. The highest BCUT2D eigenvalue weighted by molar-refractivity contribution is 7.19. The minimum atomic E-state index is -0.459. The number of piperidine rings is 1. The van der Waals surface area contributed by atoms with Crippen LogP contribution in [0.3, 0.4) is 0 Å². The summed E-state index contributed by atoms with van der Waals surface area (Å²) in [7, 11) is 0. The van der Waals surface area contributed by atoms with Crippen molar-refractivity contribution in [1.29, 1.82) is 0 Å². The normalized spacial score (nSPS) is 15.7. The number of benzene rings is 1. The predicted molar refractivity (Wildman–Crippen MR) is 106 cm³/mol. The Kier molecular flexibility index (Phi) is 5.41. The fourth-order valence-electron chi connectivity index (χ4n) is 2.88. The highest BCUT2D eigenvalue weighted by Crippen LogP contribution is 2.31. The summed E-state index contributed by atoms with van der Waals surface area (Å²) in [6, 6.07) is 12.0. The molecule has 0 saturated carbocycles. The van der Waals surface area contributed by atoms with Crippen LogP contribution in [-0.4, -0.2) is 35.8 Å². The van der Waals surface area contributed by atoms with Gasteiger partial charge in [-0.3, -0.25) is 0 Å². The molecule has 1 aromatic carbocycles. The molecule has 1 aliphatic heterocycles. The SMILES string of the molecule is CC(C)(C)OC(=O)N1CCC(Oc2ccc(-c3ccc(N)s3)cc2)CC1. The van der Waals surface area contributed by atoms with Crippen molar-refractivity contribution in [1.82, 2.24) is 4.90 Å². The van der Waals surface area contributed by atoms with Gasteiger partial charge in [-0.15, -0.1) is 11.3 Å². The number of ether oxygens (including phenoxy) is 2. The lowest BCUT2D eigenvalue weighted by molar-refractivity contribution is 0.0126. The van der Waals surface area contributed by atoms with Crippen LogP contribution in [0.5, 0.6) is 5.75 Å². The molecule has 140 valence electrons. The van der Waals surface area contributed by atoms with Gasteiger partial charge in [-0.05, 0) is 62.7 Å². The van der Waals surface area contributed by atoms with E-state index >= 15 is 0 Å². The first-order valence-corrected chi connectivity index (χ1v) is 9.72. The first-order valence-electron chi connectivity index (χ1n) is 8.90. The quantitative estimate of drug-likeness (QED) is 0.840. The first kappa shape index (κ1) is 18.6. The van der Waals surface area contributed by atoms with E-state index in [1.54, 1.807) is 16.2 Å². The molecule has 3 rings (SSSR count). The second kappa shape index (κ2) is 7.58. The maximum atomic E-state index is 12.1. The molecule has 1 fully saturated rings. The van der Waals surface area contributed by atoms with E-state index in [0.29, 0.717) is 13.1 Å². The van der Waals surface area contributed by atoms with Gasteiger partial charge >= 0.3 is 6.09 Å². The van der Waals surface area contributed by atoms with Crippen molar-refractivity contribution in [2.75, 3.05) is 18.8 Å². The molecule has 0 bridgehead atoms. The summed E-state index contributed by atoms with van der Waals surface area (Å²) in [6.07, 6.45) is 1.50. The number of rotatable bonds is 3. The molecule has 2 aromatic rings. The Morgan fingerprint density at radius 1 is 1.12 bits per heavy atom. The van der Waals surface area contributed by atoms with Crippen LogP contribution in [0.2, 0.25) is 0 Å². The minimum absolute atomic E-state index is 0.122. The first-order chi connectivity index (χ1) is 12.3. The van der Waals surface area contributed by atoms with Crippen LogP contribution in [-0.2, 0) is 4.74 Å². The third-order valence-corrected chi connectivity index (χ3v) is 5.13. The molecule has 6 heteroatoms. The topological polar surface area (TPSA) is 64.8 Å². The van der Waals surface area contributed by atoms with E-state index in [-0.39, 0.29) is 12.2 Å². The lowest BCUT2D eigenvalue weighted by Crippen LogP contribution is -2.44. The predicted octanol–water partition coefficient (Wildman–Crippen LogP) is 4.78. The van der Waals surface area contributed by atoms with E-state index in [9.17, 15) is 4.79 Å². The van der Waals surface area contributed by atoms with Gasteiger partial charge in [0.2, 0.25) is 0 Å². The highest BCUT2D eigenvalue weighted by atomic mass is 32.1. The van der Waals surface area contributed by atoms with Gasteiger partial charge in [0.15, 0.2) is 0 Å². The van der Waals surface area contributed by atoms with Gasteiger partial charge in [0.05, 0.1) is 5.00 Å². The Morgan fingerprint density at radius 3 is 2.31 bits per heavy atom. The van der Waals surface area contributed by atoms with Crippen molar-refractivity contribution in [3.8, 4) is 16.2 Å². The molecule has 0 spiro atoms. The van der Waals surface area contributed by atoms with Crippen LogP contribution < -0.4 is 10.5 Å². The summed E-state index contributed by atoms with van der Waals surface area (Å²) in [6.45, 7) is 6.97. The Hall–Kier alpha value is -2.21. The van der Waals surface area contributed by atoms with E-state index in [0.717, 1.165) is 34.0 Å². The molecule has 1 aromatic heterocycles. The van der Waals surface area contributed by atoms with Gasteiger partial charge < -0.3 is 20.1 Å². The Morgan fingerprint density at radius 2 is 1.77 bits per heavy atom. The second-order valence-electron chi connectivity index (χ2n) is 7.51. The van der Waals surface area contributed by atoms with Crippen LogP contribution in [0.25, 0.3) is 10.4 Å². The lowest BCUT2D eigenvalue weighted by atomic mass is 10.1. The molecule has 0 atom stereocenters. The standard InChI is InChI=1S/C20H26N2O3S/c1-20(2,3)25-19(23)22-12-10-16(11-13-22)24-15-6-4-14(5-7-15)17-8-9-18(21)26-17/h4-9,16H,10-13,21H2,1-3H3. The Bertz CT molecular complexity index is 741. The Balaban J connectivity index is 1.51. The van der Waals surface area contributed by atoms with E-state index in [4.69, 9.17) is 15.2 Å². The number of anilines is 1. The number of amides is 1. The van der Waals surface area contributed by atoms with Gasteiger partial charge in [-0.2, -0.15) is 0 Å². The molecule has 5 nitrogen and oxygen atoms in total. The lowest BCUT2D eigenvalue weighted by Gasteiger charge is -2.33. The molecular weight excluding hydrogens is 348 g/mol. The summed E-state index contributed by atoms with van der Waals surface area (Å²) in [5, 5.41) is 0.817. The summed E-state index contributed by atoms with van der Waals surface area (Å²) in [5.74, 6) is 0.856. The van der Waals surface area contributed by atoms with Crippen molar-refractivity contribution in [3.05, 3.63) is 36.4 Å². The van der Waals surface area contributed by atoms with Gasteiger partial charge in [0.1, 0.15) is 17.5 Å². The van der Waals surface area contributed by atoms with Crippen LogP contribution in [0.15, 0.2) is 36.4 Å². The van der Waals surface area contributed by atoms with Crippen LogP contribution in [0, 0.1) is 0 Å². The van der Waals surface area contributed by atoms with Crippen LogP contribution in [0.1, 0.15) is 33.6 Å². The van der Waals surface area contributed by atoms with Gasteiger partial charge in [-0.1, -0.05) is 0 Å². The molecule has 1 amide bonds. The largest absolute Gasteiger partial charge is 0.490 e. The van der Waals surface area contributed by atoms with Crippen molar-refractivity contribution < 1.29 is 14.3 Å². The van der Waals surface area contributed by atoms with E-state index in [1.807, 2.05) is 45.0 Å². The average Bonchev–Trinajstić information content (AvgIpc) is 3.01. The third kappa shape index (κ3) is 4.91. The number of carbonyl (C=O) groups is 1. The summed E-state index contributed by atoms with van der Waals surface area (Å²) < 4.78 is 11.5. The number of hydrogen-bond donors (Lipinski definition) is 1. The summed E-state index contributed by atoms with van der Waals surface area (Å²) in [4.78, 5) is 15.0. The van der Waals surface area contributed by atoms with Gasteiger partial charge in [0, 0.05) is 30.8 Å². The summed E-state index contributed by atoms with van der Waals surface area (Å²) >= 11 is 1.58. The number of thiophene rings is 1. The molecule has 1 aliphatic rings. The van der Waals surface area contributed by atoms with Crippen molar-refractivity contribution in [3.63, 3.8) is 0 Å². The summed E-state index contributed by atoms with van der Waals surface area (Å²) in [5.41, 5.74) is 6.47. The monoisotopic (exact) mass is 374 g/mol. The number of carbonyl (C=O) groups excluding carboxylic acids is 1. The Labute approximate surface area is 158 Å². The zero-order valence-electron chi connectivity index (χ0n) is 15.5. The number of nitrogen functional groups attached to an aromatic ring is 1. The van der Waals surface area contributed by atoms with Crippen molar-refractivity contribution >= 4 is 22.4 Å². The van der Waals surface area contributed by atoms with E-state index < -0.39 is 5.60 Å². The molecule has 0 aliphatic carbocycles. The number of nitrogens with zero attached hydrogens (tertiary/aromatic N) is 1. The number of nitrogens with two attached hydrogens (primary N) is 1. The fraction of sp³-hybridized carbons (Fsp3) is 0.450. The van der Waals surface area contributed by atoms with Crippen molar-refractivity contribution in [2.24, 2.45) is 0 Å². The zero-order chi connectivity index (χ0) is 18.7.